The number of amides is 2. The number of hydrogen-bond donors (Lipinski definition) is 1. The van der Waals surface area contributed by atoms with E-state index in [0.717, 1.165) is 10.9 Å². The molecule has 172 valence electrons. The second-order valence-electron chi connectivity index (χ2n) is 8.72. The lowest BCUT2D eigenvalue weighted by molar-refractivity contribution is -0.138. The van der Waals surface area contributed by atoms with Crippen molar-refractivity contribution in [3.05, 3.63) is 77.2 Å². The fraction of sp³-hybridized carbons (Fsp3) is 0.346. The van der Waals surface area contributed by atoms with Crippen molar-refractivity contribution in [2.24, 2.45) is 5.92 Å². The summed E-state index contributed by atoms with van der Waals surface area (Å²) >= 11 is 0. The Morgan fingerprint density at radius 2 is 1.94 bits per heavy atom. The van der Waals surface area contributed by atoms with Crippen LogP contribution in [0, 0.1) is 11.7 Å². The number of rotatable bonds is 6. The smallest absolute Gasteiger partial charge is 0.252 e. The summed E-state index contributed by atoms with van der Waals surface area (Å²) < 4.78 is 19.1. The molecule has 2 aromatic carbocycles. The van der Waals surface area contributed by atoms with Gasteiger partial charge in [-0.2, -0.15) is 0 Å². The number of pyridine rings is 1. The molecule has 0 spiro atoms. The lowest BCUT2D eigenvalue weighted by Gasteiger charge is -2.33. The van der Waals surface area contributed by atoms with E-state index in [-0.39, 0.29) is 24.1 Å². The maximum Gasteiger partial charge on any atom is 0.252 e. The average Bonchev–Trinajstić information content (AvgIpc) is 2.83. The molecule has 1 aliphatic rings. The third-order valence-electron chi connectivity index (χ3n) is 5.67. The third kappa shape index (κ3) is 5.54. The topological polar surface area (TPSA) is 71.5 Å². The summed E-state index contributed by atoms with van der Waals surface area (Å²) in [6, 6.07) is 15.3. The molecule has 4 rings (SSSR count). The number of benzene rings is 2. The van der Waals surface area contributed by atoms with Gasteiger partial charge in [0.05, 0.1) is 36.3 Å². The molecule has 7 heteroatoms. The number of para-hydroxylation sites is 1. The van der Waals surface area contributed by atoms with Crippen molar-refractivity contribution in [3.8, 4) is 0 Å². The SMILES string of the molecule is CC(C)CNC(=O)c1cc([C@@H]2CN(C(=O)Cc3ccc(F)cc3)CCO2)nc2ccccc12. The van der Waals surface area contributed by atoms with Gasteiger partial charge in [0.25, 0.3) is 5.91 Å². The van der Waals surface area contributed by atoms with Gasteiger partial charge < -0.3 is 15.0 Å². The summed E-state index contributed by atoms with van der Waals surface area (Å²) in [5.41, 5.74) is 2.65. The number of aromatic nitrogens is 1. The van der Waals surface area contributed by atoms with Gasteiger partial charge in [-0.15, -0.1) is 0 Å². The largest absolute Gasteiger partial charge is 0.368 e. The highest BCUT2D eigenvalue weighted by Gasteiger charge is 2.27. The molecular formula is C26H28FN3O3. The van der Waals surface area contributed by atoms with Crippen LogP contribution < -0.4 is 5.32 Å². The molecule has 0 radical (unpaired) electrons. The Morgan fingerprint density at radius 3 is 2.70 bits per heavy atom. The maximum atomic E-state index is 13.2. The van der Waals surface area contributed by atoms with Crippen molar-refractivity contribution < 1.29 is 18.7 Å². The lowest BCUT2D eigenvalue weighted by Crippen LogP contribution is -2.43. The van der Waals surface area contributed by atoms with Crippen molar-refractivity contribution in [1.29, 1.82) is 0 Å². The molecule has 1 fully saturated rings. The van der Waals surface area contributed by atoms with Crippen LogP contribution in [0.5, 0.6) is 0 Å². The van der Waals surface area contributed by atoms with E-state index >= 15 is 0 Å². The first-order chi connectivity index (χ1) is 15.9. The minimum atomic E-state index is -0.433. The standard InChI is InChI=1S/C26H28FN3O3/c1-17(2)15-28-26(32)21-14-23(29-22-6-4-3-5-20(21)22)24-16-30(11-12-33-24)25(31)13-18-7-9-19(27)10-8-18/h3-10,14,17,24H,11-13,15-16H2,1-2H3,(H,28,32)/t24-/m0/s1. The monoisotopic (exact) mass is 449 g/mol. The zero-order valence-corrected chi connectivity index (χ0v) is 18.9. The number of morpholine rings is 1. The van der Waals surface area contributed by atoms with Gasteiger partial charge >= 0.3 is 0 Å². The Kier molecular flexibility index (Phi) is 6.99. The van der Waals surface area contributed by atoms with Gasteiger partial charge in [-0.05, 0) is 35.7 Å². The van der Waals surface area contributed by atoms with Crippen LogP contribution in [0.25, 0.3) is 10.9 Å². The Balaban J connectivity index is 1.55. The van der Waals surface area contributed by atoms with Crippen molar-refractivity contribution in [2.75, 3.05) is 26.2 Å². The number of fused-ring (bicyclic) bond motifs is 1. The Morgan fingerprint density at radius 1 is 1.18 bits per heavy atom. The van der Waals surface area contributed by atoms with E-state index in [1.54, 1.807) is 23.1 Å². The second kappa shape index (κ2) is 10.1. The van der Waals surface area contributed by atoms with Gasteiger partial charge in [0.2, 0.25) is 5.91 Å². The summed E-state index contributed by atoms with van der Waals surface area (Å²) in [7, 11) is 0. The van der Waals surface area contributed by atoms with Crippen LogP contribution >= 0.6 is 0 Å². The quantitative estimate of drug-likeness (QED) is 0.620. The van der Waals surface area contributed by atoms with E-state index in [4.69, 9.17) is 9.72 Å². The molecule has 2 amide bonds. The summed E-state index contributed by atoms with van der Waals surface area (Å²) in [6.07, 6.45) is -0.238. The van der Waals surface area contributed by atoms with E-state index in [1.165, 1.54) is 12.1 Å². The molecule has 1 aromatic heterocycles. The van der Waals surface area contributed by atoms with Crippen LogP contribution in [0.4, 0.5) is 4.39 Å². The van der Waals surface area contributed by atoms with E-state index < -0.39 is 6.10 Å². The zero-order chi connectivity index (χ0) is 23.4. The third-order valence-corrected chi connectivity index (χ3v) is 5.67. The molecular weight excluding hydrogens is 421 g/mol. The van der Waals surface area contributed by atoms with E-state index in [9.17, 15) is 14.0 Å². The number of halogens is 1. The number of hydrogen-bond acceptors (Lipinski definition) is 4. The molecule has 1 atom stereocenters. The molecule has 3 aromatic rings. The van der Waals surface area contributed by atoms with E-state index in [1.807, 2.05) is 38.1 Å². The van der Waals surface area contributed by atoms with Crippen LogP contribution in [-0.2, 0) is 16.0 Å². The van der Waals surface area contributed by atoms with E-state index in [0.29, 0.717) is 48.9 Å². The summed E-state index contributed by atoms with van der Waals surface area (Å²) in [4.78, 5) is 32.3. The van der Waals surface area contributed by atoms with Gasteiger partial charge in [-0.1, -0.05) is 44.2 Å². The fourth-order valence-corrected chi connectivity index (χ4v) is 3.88. The number of carbonyl (C=O) groups excluding carboxylic acids is 2. The molecule has 0 bridgehead atoms. The number of nitrogens with zero attached hydrogens (tertiary/aromatic N) is 2. The van der Waals surface area contributed by atoms with Crippen LogP contribution in [0.2, 0.25) is 0 Å². The van der Waals surface area contributed by atoms with Crippen molar-refractivity contribution in [1.82, 2.24) is 15.2 Å². The predicted octanol–water partition coefficient (Wildman–Crippen LogP) is 3.90. The number of carbonyl (C=O) groups is 2. The average molecular weight is 450 g/mol. The van der Waals surface area contributed by atoms with E-state index in [2.05, 4.69) is 5.32 Å². The normalized spacial score (nSPS) is 16.2. The molecule has 0 unspecified atom stereocenters. The fourth-order valence-electron chi connectivity index (χ4n) is 3.88. The zero-order valence-electron chi connectivity index (χ0n) is 18.9. The molecule has 6 nitrogen and oxygen atoms in total. The summed E-state index contributed by atoms with van der Waals surface area (Å²) in [6.45, 7) is 5.87. The van der Waals surface area contributed by atoms with Gasteiger partial charge in [0.15, 0.2) is 0 Å². The summed E-state index contributed by atoms with van der Waals surface area (Å²) in [5, 5.41) is 3.76. The van der Waals surface area contributed by atoms with Crippen molar-refractivity contribution in [3.63, 3.8) is 0 Å². The molecule has 0 saturated carbocycles. The first kappa shape index (κ1) is 22.9. The number of nitrogens with one attached hydrogen (secondary N) is 1. The highest BCUT2D eigenvalue weighted by atomic mass is 19.1. The van der Waals surface area contributed by atoms with Crippen molar-refractivity contribution >= 4 is 22.7 Å². The first-order valence-electron chi connectivity index (χ1n) is 11.2. The first-order valence-corrected chi connectivity index (χ1v) is 11.2. The Hall–Kier alpha value is -3.32. The van der Waals surface area contributed by atoms with Crippen LogP contribution in [0.1, 0.15) is 41.6 Å². The van der Waals surface area contributed by atoms with Gasteiger partial charge in [0, 0.05) is 18.5 Å². The lowest BCUT2D eigenvalue weighted by atomic mass is 10.0. The van der Waals surface area contributed by atoms with Gasteiger partial charge in [0.1, 0.15) is 11.9 Å². The molecule has 2 heterocycles. The minimum absolute atomic E-state index is 0.0504. The van der Waals surface area contributed by atoms with Crippen LogP contribution in [0.3, 0.4) is 0 Å². The number of ether oxygens (including phenoxy) is 1. The molecule has 0 aliphatic carbocycles. The molecule has 1 saturated heterocycles. The van der Waals surface area contributed by atoms with Gasteiger partial charge in [-0.3, -0.25) is 9.59 Å². The highest BCUT2D eigenvalue weighted by molar-refractivity contribution is 6.06. The predicted molar refractivity (Wildman–Crippen MR) is 124 cm³/mol. The minimum Gasteiger partial charge on any atom is -0.368 e. The van der Waals surface area contributed by atoms with Crippen LogP contribution in [-0.4, -0.2) is 47.9 Å². The summed E-state index contributed by atoms with van der Waals surface area (Å²) in [5.74, 6) is -0.189. The molecule has 1 N–H and O–H groups in total. The highest BCUT2D eigenvalue weighted by Crippen LogP contribution is 2.26. The Labute approximate surface area is 192 Å². The molecule has 1 aliphatic heterocycles. The Bertz CT molecular complexity index is 1150. The van der Waals surface area contributed by atoms with Crippen LogP contribution in [0.15, 0.2) is 54.6 Å². The maximum absolute atomic E-state index is 13.2. The van der Waals surface area contributed by atoms with Crippen molar-refractivity contribution in [2.45, 2.75) is 26.4 Å². The second-order valence-corrected chi connectivity index (χ2v) is 8.72. The molecule has 33 heavy (non-hydrogen) atoms. The van der Waals surface area contributed by atoms with Gasteiger partial charge in [-0.25, -0.2) is 9.37 Å².